The molecule has 1 aliphatic heterocycles. The Hall–Kier alpha value is -1.29. The first-order chi connectivity index (χ1) is 8.90. The number of aromatic nitrogens is 3. The molecule has 0 spiro atoms. The van der Waals surface area contributed by atoms with Crippen molar-refractivity contribution in [3.05, 3.63) is 24.2 Å². The summed E-state index contributed by atoms with van der Waals surface area (Å²) in [6, 6.07) is 3.95. The zero-order valence-electron chi connectivity index (χ0n) is 10.3. The number of halogens is 1. The van der Waals surface area contributed by atoms with Crippen LogP contribution >= 0.6 is 11.6 Å². The predicted molar refractivity (Wildman–Crippen MR) is 73.8 cm³/mol. The fourth-order valence-electron chi connectivity index (χ4n) is 2.57. The van der Waals surface area contributed by atoms with E-state index in [1.807, 2.05) is 18.3 Å². The highest BCUT2D eigenvalue weighted by atomic mass is 35.5. The lowest BCUT2D eigenvalue weighted by atomic mass is 10.2. The molecular weight excluding hydrogens is 248 g/mol. The Morgan fingerprint density at radius 2 is 2.06 bits per heavy atom. The molecule has 3 rings (SSSR count). The summed E-state index contributed by atoms with van der Waals surface area (Å²) in [5, 5.41) is 2.35. The molecular formula is C13H17ClN4. The first-order valence-electron chi connectivity index (χ1n) is 6.53. The van der Waals surface area contributed by atoms with Crippen LogP contribution in [0.2, 0.25) is 0 Å². The first kappa shape index (κ1) is 11.8. The molecule has 1 fully saturated rings. The van der Waals surface area contributed by atoms with Crippen LogP contribution < -0.4 is 5.01 Å². The molecule has 18 heavy (non-hydrogen) atoms. The van der Waals surface area contributed by atoms with Crippen LogP contribution in [0.25, 0.3) is 11.2 Å². The Labute approximate surface area is 112 Å². The van der Waals surface area contributed by atoms with Gasteiger partial charge in [0.1, 0.15) is 11.3 Å². The summed E-state index contributed by atoms with van der Waals surface area (Å²) in [5.74, 6) is 1.62. The standard InChI is InChI=1S/C13H17ClN4/c14-7-6-12-16-11-5-4-8-15-13(11)18(12)17-9-2-1-3-10-17/h4-5,8H,1-3,6-7,9-10H2. The summed E-state index contributed by atoms with van der Waals surface area (Å²) in [6.45, 7) is 2.16. The third-order valence-corrected chi connectivity index (χ3v) is 3.58. The summed E-state index contributed by atoms with van der Waals surface area (Å²) in [6.07, 6.45) is 6.42. The highest BCUT2D eigenvalue weighted by Crippen LogP contribution is 2.18. The Kier molecular flexibility index (Phi) is 3.37. The van der Waals surface area contributed by atoms with Gasteiger partial charge in [-0.3, -0.25) is 0 Å². The number of alkyl halides is 1. The monoisotopic (exact) mass is 264 g/mol. The van der Waals surface area contributed by atoms with Crippen LogP contribution in [-0.2, 0) is 6.42 Å². The van der Waals surface area contributed by atoms with Gasteiger partial charge in [-0.15, -0.1) is 11.6 Å². The number of rotatable bonds is 3. The van der Waals surface area contributed by atoms with E-state index in [9.17, 15) is 0 Å². The van der Waals surface area contributed by atoms with E-state index in [2.05, 4.69) is 19.7 Å². The molecule has 0 aliphatic carbocycles. The van der Waals surface area contributed by atoms with E-state index in [-0.39, 0.29) is 0 Å². The zero-order chi connectivity index (χ0) is 12.4. The molecule has 3 heterocycles. The van der Waals surface area contributed by atoms with Crippen molar-refractivity contribution in [1.82, 2.24) is 14.6 Å². The molecule has 0 saturated carbocycles. The number of piperidine rings is 1. The number of aryl methyl sites for hydroxylation is 1. The number of pyridine rings is 1. The number of hydrogen-bond acceptors (Lipinski definition) is 3. The zero-order valence-corrected chi connectivity index (χ0v) is 11.1. The van der Waals surface area contributed by atoms with Crippen LogP contribution in [0, 0.1) is 0 Å². The average Bonchev–Trinajstić information content (AvgIpc) is 2.78. The number of nitrogens with zero attached hydrogens (tertiary/aromatic N) is 4. The van der Waals surface area contributed by atoms with Gasteiger partial charge < -0.3 is 5.01 Å². The van der Waals surface area contributed by atoms with Crippen LogP contribution in [0.3, 0.4) is 0 Å². The van der Waals surface area contributed by atoms with E-state index in [1.165, 1.54) is 19.3 Å². The molecule has 0 atom stereocenters. The van der Waals surface area contributed by atoms with Crippen molar-refractivity contribution < 1.29 is 0 Å². The molecule has 0 unspecified atom stereocenters. The van der Waals surface area contributed by atoms with Gasteiger partial charge in [0, 0.05) is 31.6 Å². The summed E-state index contributed by atoms with van der Waals surface area (Å²) in [5.41, 5.74) is 1.92. The van der Waals surface area contributed by atoms with Gasteiger partial charge in [-0.05, 0) is 31.4 Å². The van der Waals surface area contributed by atoms with Gasteiger partial charge in [0.25, 0.3) is 0 Å². The lowest BCUT2D eigenvalue weighted by molar-refractivity contribution is 0.474. The van der Waals surface area contributed by atoms with Crippen molar-refractivity contribution in [2.45, 2.75) is 25.7 Å². The minimum absolute atomic E-state index is 0.594. The normalized spacial score (nSPS) is 16.4. The van der Waals surface area contributed by atoms with E-state index in [1.54, 1.807) is 0 Å². The average molecular weight is 265 g/mol. The van der Waals surface area contributed by atoms with Crippen LogP contribution in [0.15, 0.2) is 18.3 Å². The van der Waals surface area contributed by atoms with Crippen molar-refractivity contribution >= 4 is 22.8 Å². The molecule has 1 aliphatic rings. The highest BCUT2D eigenvalue weighted by molar-refractivity contribution is 6.17. The van der Waals surface area contributed by atoms with Gasteiger partial charge in [-0.2, -0.15) is 0 Å². The second-order valence-corrected chi connectivity index (χ2v) is 5.02. The maximum absolute atomic E-state index is 5.88. The Morgan fingerprint density at radius 1 is 1.22 bits per heavy atom. The molecule has 0 aromatic carbocycles. The van der Waals surface area contributed by atoms with E-state index in [4.69, 9.17) is 11.6 Å². The van der Waals surface area contributed by atoms with Gasteiger partial charge >= 0.3 is 0 Å². The first-order valence-corrected chi connectivity index (χ1v) is 7.07. The van der Waals surface area contributed by atoms with Crippen molar-refractivity contribution in [2.75, 3.05) is 24.0 Å². The third-order valence-electron chi connectivity index (χ3n) is 3.39. The summed E-state index contributed by atoms with van der Waals surface area (Å²) in [7, 11) is 0. The van der Waals surface area contributed by atoms with Crippen LogP contribution in [-0.4, -0.2) is 33.6 Å². The minimum Gasteiger partial charge on any atom is -0.310 e. The van der Waals surface area contributed by atoms with Crippen molar-refractivity contribution in [1.29, 1.82) is 0 Å². The van der Waals surface area contributed by atoms with E-state index in [0.29, 0.717) is 5.88 Å². The Bertz CT molecular complexity index is 531. The molecule has 2 aromatic heterocycles. The molecule has 0 radical (unpaired) electrons. The smallest absolute Gasteiger partial charge is 0.179 e. The minimum atomic E-state index is 0.594. The van der Waals surface area contributed by atoms with Gasteiger partial charge in [0.2, 0.25) is 0 Å². The summed E-state index contributed by atoms with van der Waals surface area (Å²) in [4.78, 5) is 9.13. The molecule has 0 bridgehead atoms. The van der Waals surface area contributed by atoms with Crippen molar-refractivity contribution in [3.63, 3.8) is 0 Å². The number of hydrogen-bond donors (Lipinski definition) is 0. The summed E-state index contributed by atoms with van der Waals surface area (Å²) < 4.78 is 2.18. The lowest BCUT2D eigenvalue weighted by Crippen LogP contribution is -2.40. The van der Waals surface area contributed by atoms with Gasteiger partial charge in [0.05, 0.1) is 0 Å². The molecule has 0 N–H and O–H groups in total. The summed E-state index contributed by atoms with van der Waals surface area (Å²) >= 11 is 5.88. The second-order valence-electron chi connectivity index (χ2n) is 4.64. The molecule has 5 heteroatoms. The molecule has 0 amide bonds. The molecule has 4 nitrogen and oxygen atoms in total. The molecule has 2 aromatic rings. The van der Waals surface area contributed by atoms with Gasteiger partial charge in [0.15, 0.2) is 5.65 Å². The maximum atomic E-state index is 5.88. The Balaban J connectivity index is 2.07. The van der Waals surface area contributed by atoms with Crippen molar-refractivity contribution in [2.24, 2.45) is 0 Å². The van der Waals surface area contributed by atoms with Gasteiger partial charge in [-0.25, -0.2) is 14.6 Å². The van der Waals surface area contributed by atoms with Crippen LogP contribution in [0.1, 0.15) is 25.1 Å². The van der Waals surface area contributed by atoms with Crippen LogP contribution in [0.5, 0.6) is 0 Å². The van der Waals surface area contributed by atoms with E-state index >= 15 is 0 Å². The fourth-order valence-corrected chi connectivity index (χ4v) is 2.74. The fraction of sp³-hybridized carbons (Fsp3) is 0.538. The maximum Gasteiger partial charge on any atom is 0.179 e. The SMILES string of the molecule is ClCCc1nc2cccnc2n1N1CCCCC1. The molecule has 1 saturated heterocycles. The van der Waals surface area contributed by atoms with Crippen molar-refractivity contribution in [3.8, 4) is 0 Å². The van der Waals surface area contributed by atoms with E-state index < -0.39 is 0 Å². The predicted octanol–water partition coefficient (Wildman–Crippen LogP) is 2.33. The largest absolute Gasteiger partial charge is 0.310 e. The van der Waals surface area contributed by atoms with E-state index in [0.717, 1.165) is 36.5 Å². The second kappa shape index (κ2) is 5.14. The quantitative estimate of drug-likeness (QED) is 0.798. The Morgan fingerprint density at radius 3 is 2.83 bits per heavy atom. The van der Waals surface area contributed by atoms with Crippen LogP contribution in [0.4, 0.5) is 0 Å². The number of fused-ring (bicyclic) bond motifs is 1. The third kappa shape index (κ3) is 2.05. The van der Waals surface area contributed by atoms with Gasteiger partial charge in [-0.1, -0.05) is 0 Å². The highest BCUT2D eigenvalue weighted by Gasteiger charge is 2.18. The topological polar surface area (TPSA) is 34.0 Å². The number of imidazole rings is 1. The molecule has 96 valence electrons. The lowest BCUT2D eigenvalue weighted by Gasteiger charge is -2.30.